The quantitative estimate of drug-likeness (QED) is 0.774. The molecule has 0 amide bonds. The van der Waals surface area contributed by atoms with E-state index >= 15 is 0 Å². The van der Waals surface area contributed by atoms with E-state index < -0.39 is 0 Å². The predicted octanol–water partition coefficient (Wildman–Crippen LogP) is 3.83. The van der Waals surface area contributed by atoms with Gasteiger partial charge in [0.25, 0.3) is 0 Å². The lowest BCUT2D eigenvalue weighted by Crippen LogP contribution is -2.08. The summed E-state index contributed by atoms with van der Waals surface area (Å²) < 4.78 is 13.5. The normalized spacial score (nSPS) is 17.9. The summed E-state index contributed by atoms with van der Waals surface area (Å²) in [4.78, 5) is 0.746. The maximum atomic E-state index is 13.5. The van der Waals surface area contributed by atoms with Gasteiger partial charge in [-0.1, -0.05) is 19.3 Å². The Hall–Kier alpha value is -0.700. The van der Waals surface area contributed by atoms with Crippen molar-refractivity contribution in [2.24, 2.45) is 0 Å². The number of benzene rings is 1. The molecule has 1 aliphatic carbocycles. The highest BCUT2D eigenvalue weighted by Gasteiger charge is 2.16. The Balaban J connectivity index is 2.03. The van der Waals surface area contributed by atoms with Crippen LogP contribution in [-0.4, -0.2) is 5.25 Å². The van der Waals surface area contributed by atoms with Gasteiger partial charge in [0.2, 0.25) is 0 Å². The Labute approximate surface area is 94.2 Å². The van der Waals surface area contributed by atoms with Crippen LogP contribution in [0.5, 0.6) is 0 Å². The molecule has 3 heteroatoms. The fourth-order valence-corrected chi connectivity index (χ4v) is 3.22. The zero-order chi connectivity index (χ0) is 10.7. The van der Waals surface area contributed by atoms with Gasteiger partial charge < -0.3 is 5.73 Å². The second-order valence-electron chi connectivity index (χ2n) is 4.07. The van der Waals surface area contributed by atoms with Crippen molar-refractivity contribution in [3.05, 3.63) is 24.0 Å². The molecular formula is C12H16FNS. The smallest absolute Gasteiger partial charge is 0.138 e. The van der Waals surface area contributed by atoms with E-state index in [0.29, 0.717) is 10.9 Å². The van der Waals surface area contributed by atoms with Gasteiger partial charge in [0.15, 0.2) is 0 Å². The van der Waals surface area contributed by atoms with Crippen molar-refractivity contribution in [3.63, 3.8) is 0 Å². The van der Waals surface area contributed by atoms with E-state index in [1.54, 1.807) is 23.9 Å². The molecule has 15 heavy (non-hydrogen) atoms. The van der Waals surface area contributed by atoms with Crippen molar-refractivity contribution >= 4 is 17.4 Å². The van der Waals surface area contributed by atoms with Crippen LogP contribution in [0.3, 0.4) is 0 Å². The standard InChI is InChI=1S/C12H16FNS/c13-11-8-9(14)6-7-12(11)15-10-4-2-1-3-5-10/h6-8,10H,1-5,14H2. The van der Waals surface area contributed by atoms with Gasteiger partial charge >= 0.3 is 0 Å². The Kier molecular flexibility index (Phi) is 3.52. The summed E-state index contributed by atoms with van der Waals surface area (Å²) in [5.41, 5.74) is 6.01. The lowest BCUT2D eigenvalue weighted by molar-refractivity contribution is 0.515. The van der Waals surface area contributed by atoms with E-state index in [-0.39, 0.29) is 5.82 Å². The maximum Gasteiger partial charge on any atom is 0.138 e. The molecule has 0 radical (unpaired) electrons. The first kappa shape index (κ1) is 10.8. The van der Waals surface area contributed by atoms with Crippen molar-refractivity contribution in [2.75, 3.05) is 5.73 Å². The molecule has 1 aliphatic rings. The molecule has 0 saturated heterocycles. The van der Waals surface area contributed by atoms with Crippen molar-refractivity contribution in [1.29, 1.82) is 0 Å². The fraction of sp³-hybridized carbons (Fsp3) is 0.500. The summed E-state index contributed by atoms with van der Waals surface area (Å²) in [6.45, 7) is 0. The summed E-state index contributed by atoms with van der Waals surface area (Å²) in [7, 11) is 0. The molecule has 1 aromatic rings. The first-order valence-electron chi connectivity index (χ1n) is 5.47. The molecule has 0 aliphatic heterocycles. The SMILES string of the molecule is Nc1ccc(SC2CCCCC2)c(F)c1. The molecule has 82 valence electrons. The van der Waals surface area contributed by atoms with Gasteiger partial charge in [0.1, 0.15) is 5.82 Å². The van der Waals surface area contributed by atoms with Crippen molar-refractivity contribution in [1.82, 2.24) is 0 Å². The van der Waals surface area contributed by atoms with E-state index in [1.165, 1.54) is 38.2 Å². The van der Waals surface area contributed by atoms with Gasteiger partial charge in [-0.05, 0) is 31.0 Å². The van der Waals surface area contributed by atoms with Crippen molar-refractivity contribution < 1.29 is 4.39 Å². The lowest BCUT2D eigenvalue weighted by atomic mass is 10.0. The topological polar surface area (TPSA) is 26.0 Å². The maximum absolute atomic E-state index is 13.5. The first-order valence-corrected chi connectivity index (χ1v) is 6.35. The molecule has 1 fully saturated rings. The monoisotopic (exact) mass is 225 g/mol. The summed E-state index contributed by atoms with van der Waals surface area (Å²) in [6.07, 6.45) is 6.34. The summed E-state index contributed by atoms with van der Waals surface area (Å²) >= 11 is 1.67. The molecule has 0 atom stereocenters. The summed E-state index contributed by atoms with van der Waals surface area (Å²) in [5, 5.41) is 0.594. The minimum Gasteiger partial charge on any atom is -0.399 e. The second kappa shape index (κ2) is 4.88. The number of nitrogens with two attached hydrogens (primary N) is 1. The van der Waals surface area contributed by atoms with E-state index in [2.05, 4.69) is 0 Å². The van der Waals surface area contributed by atoms with Gasteiger partial charge in [-0.3, -0.25) is 0 Å². The number of thioether (sulfide) groups is 1. The van der Waals surface area contributed by atoms with Crippen LogP contribution < -0.4 is 5.73 Å². The van der Waals surface area contributed by atoms with Gasteiger partial charge in [-0.2, -0.15) is 0 Å². The first-order chi connectivity index (χ1) is 7.25. The van der Waals surface area contributed by atoms with E-state index in [9.17, 15) is 4.39 Å². The molecule has 0 spiro atoms. The van der Waals surface area contributed by atoms with Crippen LogP contribution in [0.15, 0.2) is 23.1 Å². The van der Waals surface area contributed by atoms with E-state index in [0.717, 1.165) is 4.90 Å². The minimum absolute atomic E-state index is 0.175. The number of hydrogen-bond donors (Lipinski definition) is 1. The summed E-state index contributed by atoms with van der Waals surface area (Å²) in [5.74, 6) is -0.175. The number of halogens is 1. The fourth-order valence-electron chi connectivity index (χ4n) is 1.98. The van der Waals surface area contributed by atoms with Crippen molar-refractivity contribution in [3.8, 4) is 0 Å². The molecule has 2 rings (SSSR count). The van der Waals surface area contributed by atoms with Crippen LogP contribution in [0.2, 0.25) is 0 Å². The second-order valence-corrected chi connectivity index (χ2v) is 5.41. The van der Waals surface area contributed by atoms with Gasteiger partial charge in [0, 0.05) is 15.8 Å². The van der Waals surface area contributed by atoms with Crippen LogP contribution in [0, 0.1) is 5.82 Å². The van der Waals surface area contributed by atoms with Crippen LogP contribution in [0.25, 0.3) is 0 Å². The molecule has 2 N–H and O–H groups in total. The largest absolute Gasteiger partial charge is 0.399 e. The molecule has 0 aromatic heterocycles. The number of nitrogen functional groups attached to an aromatic ring is 1. The Morgan fingerprint density at radius 1 is 1.20 bits per heavy atom. The van der Waals surface area contributed by atoms with Crippen LogP contribution >= 0.6 is 11.8 Å². The molecule has 1 nitrogen and oxygen atoms in total. The zero-order valence-electron chi connectivity index (χ0n) is 8.71. The van der Waals surface area contributed by atoms with Gasteiger partial charge in [0.05, 0.1) is 0 Å². The van der Waals surface area contributed by atoms with Gasteiger partial charge in [-0.25, -0.2) is 4.39 Å². The van der Waals surface area contributed by atoms with E-state index in [4.69, 9.17) is 5.73 Å². The molecule has 0 heterocycles. The average Bonchev–Trinajstić information content (AvgIpc) is 2.24. The summed E-state index contributed by atoms with van der Waals surface area (Å²) in [6, 6.07) is 4.98. The molecule has 1 aromatic carbocycles. The highest BCUT2D eigenvalue weighted by atomic mass is 32.2. The number of hydrogen-bond acceptors (Lipinski definition) is 2. The average molecular weight is 225 g/mol. The highest BCUT2D eigenvalue weighted by molar-refractivity contribution is 8.00. The van der Waals surface area contributed by atoms with Crippen LogP contribution in [0.1, 0.15) is 32.1 Å². The lowest BCUT2D eigenvalue weighted by Gasteiger charge is -2.21. The predicted molar refractivity (Wildman–Crippen MR) is 63.5 cm³/mol. The Morgan fingerprint density at radius 2 is 1.93 bits per heavy atom. The number of anilines is 1. The zero-order valence-corrected chi connectivity index (χ0v) is 9.52. The van der Waals surface area contributed by atoms with Crippen LogP contribution in [-0.2, 0) is 0 Å². The Morgan fingerprint density at radius 3 is 2.60 bits per heavy atom. The molecule has 0 unspecified atom stereocenters. The van der Waals surface area contributed by atoms with Crippen LogP contribution in [0.4, 0.5) is 10.1 Å². The number of rotatable bonds is 2. The third-order valence-electron chi connectivity index (χ3n) is 2.80. The third kappa shape index (κ3) is 2.88. The van der Waals surface area contributed by atoms with E-state index in [1.807, 2.05) is 0 Å². The van der Waals surface area contributed by atoms with Crippen molar-refractivity contribution in [2.45, 2.75) is 42.2 Å². The molecular weight excluding hydrogens is 209 g/mol. The molecule has 1 saturated carbocycles. The minimum atomic E-state index is -0.175. The van der Waals surface area contributed by atoms with Gasteiger partial charge in [-0.15, -0.1) is 11.8 Å². The Bertz CT molecular complexity index is 334. The molecule has 0 bridgehead atoms. The highest BCUT2D eigenvalue weighted by Crippen LogP contribution is 2.35. The third-order valence-corrected chi connectivity index (χ3v) is 4.19.